The predicted molar refractivity (Wildman–Crippen MR) is 115 cm³/mol. The number of hydrogen-bond donors (Lipinski definition) is 2. The maximum absolute atomic E-state index is 14.2. The first kappa shape index (κ1) is 24.6. The van der Waals surface area contributed by atoms with Crippen LogP contribution in [0.5, 0.6) is 5.88 Å². The fourth-order valence-corrected chi connectivity index (χ4v) is 3.88. The maximum Gasteiger partial charge on any atom is 0.322 e. The molecule has 0 unspecified atom stereocenters. The SMILES string of the molecule is CN(C(=O)Nc1ccc(F)c(C(F)F)c1)[C@@H]1COCc2nc(OCCO)c3cc(F)c(F)cc3c21. The summed E-state index contributed by atoms with van der Waals surface area (Å²) in [4.78, 5) is 18.5. The van der Waals surface area contributed by atoms with Crippen LogP contribution in [0.15, 0.2) is 30.3 Å². The molecule has 12 heteroatoms. The third-order valence-corrected chi connectivity index (χ3v) is 5.58. The fourth-order valence-electron chi connectivity index (χ4n) is 3.88. The van der Waals surface area contributed by atoms with Crippen molar-refractivity contribution in [1.82, 2.24) is 9.88 Å². The number of pyridine rings is 1. The van der Waals surface area contributed by atoms with Crippen LogP contribution in [0.1, 0.15) is 29.3 Å². The first-order valence-electron chi connectivity index (χ1n) is 10.5. The van der Waals surface area contributed by atoms with Crippen molar-refractivity contribution < 1.29 is 41.3 Å². The molecular formula is C23H20F5N3O4. The summed E-state index contributed by atoms with van der Waals surface area (Å²) in [6, 6.07) is 3.11. The number of fused-ring (bicyclic) bond motifs is 3. The molecule has 2 aromatic carbocycles. The van der Waals surface area contributed by atoms with Crippen molar-refractivity contribution in [1.29, 1.82) is 0 Å². The second-order valence-corrected chi connectivity index (χ2v) is 7.77. The maximum atomic E-state index is 14.2. The van der Waals surface area contributed by atoms with E-state index >= 15 is 0 Å². The number of carbonyl (C=O) groups excluding carboxylic acids is 1. The Kier molecular flexibility index (Phi) is 7.03. The number of alkyl halides is 2. The van der Waals surface area contributed by atoms with E-state index in [1.165, 1.54) is 11.9 Å². The monoisotopic (exact) mass is 497 g/mol. The highest BCUT2D eigenvalue weighted by Crippen LogP contribution is 2.39. The van der Waals surface area contributed by atoms with Gasteiger partial charge >= 0.3 is 6.03 Å². The Morgan fingerprint density at radius 1 is 1.20 bits per heavy atom. The molecule has 7 nitrogen and oxygen atoms in total. The predicted octanol–water partition coefficient (Wildman–Crippen LogP) is 4.70. The normalized spacial score (nSPS) is 15.3. The van der Waals surface area contributed by atoms with Gasteiger partial charge < -0.3 is 24.8 Å². The van der Waals surface area contributed by atoms with E-state index in [1.807, 2.05) is 0 Å². The number of likely N-dealkylation sites (N-methyl/N-ethyl adjacent to an activating group) is 1. The van der Waals surface area contributed by atoms with Crippen LogP contribution >= 0.6 is 0 Å². The number of aliphatic hydroxyl groups is 1. The van der Waals surface area contributed by atoms with Gasteiger partial charge in [0.05, 0.1) is 37.1 Å². The van der Waals surface area contributed by atoms with Gasteiger partial charge in [0.15, 0.2) is 11.6 Å². The Morgan fingerprint density at radius 2 is 1.91 bits per heavy atom. The van der Waals surface area contributed by atoms with Crippen molar-refractivity contribution in [3.8, 4) is 5.88 Å². The Labute approximate surface area is 196 Å². The number of anilines is 1. The Morgan fingerprint density at radius 3 is 2.60 bits per heavy atom. The van der Waals surface area contributed by atoms with E-state index in [0.29, 0.717) is 11.3 Å². The van der Waals surface area contributed by atoms with Gasteiger partial charge in [0, 0.05) is 23.7 Å². The fraction of sp³-hybridized carbons (Fsp3) is 0.304. The molecule has 2 amide bonds. The number of nitrogens with zero attached hydrogens (tertiary/aromatic N) is 2. The number of rotatable bonds is 6. The molecule has 35 heavy (non-hydrogen) atoms. The van der Waals surface area contributed by atoms with Crippen LogP contribution in [-0.4, -0.2) is 47.9 Å². The molecule has 0 bridgehead atoms. The number of halogens is 5. The topological polar surface area (TPSA) is 83.9 Å². The number of ether oxygens (including phenoxy) is 2. The van der Waals surface area contributed by atoms with E-state index in [1.54, 1.807) is 0 Å². The zero-order chi connectivity index (χ0) is 25.3. The summed E-state index contributed by atoms with van der Waals surface area (Å²) >= 11 is 0. The summed E-state index contributed by atoms with van der Waals surface area (Å²) in [5, 5.41) is 11.9. The largest absolute Gasteiger partial charge is 0.475 e. The van der Waals surface area contributed by atoms with E-state index in [4.69, 9.17) is 14.6 Å². The summed E-state index contributed by atoms with van der Waals surface area (Å²) in [5.74, 6) is -3.39. The van der Waals surface area contributed by atoms with Gasteiger partial charge in [0.2, 0.25) is 5.88 Å². The minimum atomic E-state index is -3.07. The third-order valence-electron chi connectivity index (χ3n) is 5.58. The van der Waals surface area contributed by atoms with E-state index in [-0.39, 0.29) is 48.8 Å². The van der Waals surface area contributed by atoms with Gasteiger partial charge in [0.25, 0.3) is 6.43 Å². The van der Waals surface area contributed by atoms with Crippen LogP contribution in [0.25, 0.3) is 10.8 Å². The molecule has 1 aliphatic rings. The Balaban J connectivity index is 1.71. The Bertz CT molecular complexity index is 1270. The second-order valence-electron chi connectivity index (χ2n) is 7.77. The highest BCUT2D eigenvalue weighted by Gasteiger charge is 2.32. The van der Waals surface area contributed by atoms with E-state index in [2.05, 4.69) is 10.3 Å². The van der Waals surface area contributed by atoms with Gasteiger partial charge in [-0.05, 0) is 35.7 Å². The number of urea groups is 1. The summed E-state index contributed by atoms with van der Waals surface area (Å²) in [6.45, 7) is -0.482. The molecule has 4 rings (SSSR count). The van der Waals surface area contributed by atoms with Crippen LogP contribution in [0, 0.1) is 17.5 Å². The van der Waals surface area contributed by atoms with Crippen LogP contribution in [-0.2, 0) is 11.3 Å². The summed E-state index contributed by atoms with van der Waals surface area (Å²) in [6.07, 6.45) is -3.07. The standard InChI is InChI=1S/C23H20F5N3O4/c1-31(23(33)29-11-2-3-15(24)14(6-11)21(27)28)19-10-34-9-18-20(19)12-7-16(25)17(26)8-13(12)22(30-18)35-5-4-32/h2-3,6-8,19,21,32H,4-5,9-10H2,1H3,(H,29,33)/t19-/m1/s1. The number of nitrogens with one attached hydrogen (secondary N) is 1. The lowest BCUT2D eigenvalue weighted by atomic mass is 9.95. The minimum absolute atomic E-state index is 0.00141. The quantitative estimate of drug-likeness (QED) is 0.483. The lowest BCUT2D eigenvalue weighted by Crippen LogP contribution is -2.39. The zero-order valence-corrected chi connectivity index (χ0v) is 18.3. The highest BCUT2D eigenvalue weighted by atomic mass is 19.3. The first-order chi connectivity index (χ1) is 16.7. The highest BCUT2D eigenvalue weighted by molar-refractivity contribution is 5.93. The van der Waals surface area contributed by atoms with Gasteiger partial charge in [0.1, 0.15) is 12.4 Å². The van der Waals surface area contributed by atoms with Crippen molar-refractivity contribution in [3.05, 3.63) is 64.6 Å². The van der Waals surface area contributed by atoms with Gasteiger partial charge in [-0.3, -0.25) is 0 Å². The zero-order valence-electron chi connectivity index (χ0n) is 18.3. The van der Waals surface area contributed by atoms with Crippen LogP contribution in [0.4, 0.5) is 32.4 Å². The average Bonchev–Trinajstić information content (AvgIpc) is 2.83. The molecule has 0 radical (unpaired) electrons. The average molecular weight is 497 g/mol. The molecule has 1 aromatic heterocycles. The lowest BCUT2D eigenvalue weighted by Gasteiger charge is -2.34. The second kappa shape index (κ2) is 10.0. The number of aliphatic hydroxyl groups excluding tert-OH is 1. The van der Waals surface area contributed by atoms with Crippen molar-refractivity contribution in [2.24, 2.45) is 0 Å². The van der Waals surface area contributed by atoms with Gasteiger partial charge in [-0.1, -0.05) is 0 Å². The molecular weight excluding hydrogens is 477 g/mol. The smallest absolute Gasteiger partial charge is 0.322 e. The molecule has 0 spiro atoms. The van der Waals surface area contributed by atoms with Crippen molar-refractivity contribution in [2.75, 3.05) is 32.2 Å². The molecule has 0 saturated carbocycles. The van der Waals surface area contributed by atoms with Gasteiger partial charge in [-0.15, -0.1) is 0 Å². The summed E-state index contributed by atoms with van der Waals surface area (Å²) < 4.78 is 78.8. The molecule has 0 saturated heterocycles. The third kappa shape index (κ3) is 4.84. The molecule has 1 aliphatic heterocycles. The van der Waals surface area contributed by atoms with Crippen LogP contribution in [0.3, 0.4) is 0 Å². The molecule has 0 fully saturated rings. The molecule has 0 aliphatic carbocycles. The van der Waals surface area contributed by atoms with Crippen LogP contribution < -0.4 is 10.1 Å². The van der Waals surface area contributed by atoms with E-state index in [0.717, 1.165) is 30.3 Å². The lowest BCUT2D eigenvalue weighted by molar-refractivity contribution is 0.0523. The molecule has 2 N–H and O–H groups in total. The van der Waals surface area contributed by atoms with Crippen LogP contribution in [0.2, 0.25) is 0 Å². The number of hydrogen-bond acceptors (Lipinski definition) is 5. The van der Waals surface area contributed by atoms with Crippen molar-refractivity contribution in [3.63, 3.8) is 0 Å². The molecule has 186 valence electrons. The number of benzene rings is 2. The number of aromatic nitrogens is 1. The molecule has 3 aromatic rings. The van der Waals surface area contributed by atoms with Crippen molar-refractivity contribution >= 4 is 22.5 Å². The van der Waals surface area contributed by atoms with Gasteiger partial charge in [-0.2, -0.15) is 0 Å². The summed E-state index contributed by atoms with van der Waals surface area (Å²) in [5.41, 5.74) is -0.208. The van der Waals surface area contributed by atoms with Crippen molar-refractivity contribution in [2.45, 2.75) is 19.1 Å². The van der Waals surface area contributed by atoms with E-state index in [9.17, 15) is 26.7 Å². The number of amides is 2. The Hall–Kier alpha value is -3.51. The summed E-state index contributed by atoms with van der Waals surface area (Å²) in [7, 11) is 1.40. The molecule has 2 heterocycles. The van der Waals surface area contributed by atoms with E-state index < -0.39 is 41.5 Å². The van der Waals surface area contributed by atoms with Gasteiger partial charge in [-0.25, -0.2) is 31.7 Å². The minimum Gasteiger partial charge on any atom is -0.475 e. The molecule has 1 atom stereocenters. The number of carbonyl (C=O) groups is 1. The first-order valence-corrected chi connectivity index (χ1v) is 10.5.